The molecule has 0 radical (unpaired) electrons. The molecular weight excluding hydrogens is 695 g/mol. The van der Waals surface area contributed by atoms with Crippen molar-refractivity contribution in [1.82, 2.24) is 9.55 Å². The van der Waals surface area contributed by atoms with Crippen LogP contribution in [0.15, 0.2) is 120 Å². The minimum absolute atomic E-state index is 0. The van der Waals surface area contributed by atoms with E-state index in [1.807, 2.05) is 24.4 Å². The predicted octanol–water partition coefficient (Wildman–Crippen LogP) is 8.08. The Morgan fingerprint density at radius 1 is 0.786 bits per heavy atom. The predicted molar refractivity (Wildman–Crippen MR) is 167 cm³/mol. The van der Waals surface area contributed by atoms with Crippen LogP contribution < -0.4 is 9.80 Å². The molecule has 5 aromatic carbocycles. The maximum atomic E-state index is 4.73. The van der Waals surface area contributed by atoms with Crippen LogP contribution in [0.1, 0.15) is 17.6 Å². The number of hydrogen-bond donors (Lipinski definition) is 0. The zero-order valence-electron chi connectivity index (χ0n) is 22.8. The molecule has 0 aliphatic carbocycles. The summed E-state index contributed by atoms with van der Waals surface area (Å²) < 4.78 is 2.09. The number of hydrogen-bond acceptors (Lipinski definition) is 4. The van der Waals surface area contributed by atoms with E-state index in [1.165, 1.54) is 44.0 Å². The van der Waals surface area contributed by atoms with Crippen molar-refractivity contribution in [3.63, 3.8) is 0 Å². The molecule has 0 bridgehead atoms. The van der Waals surface area contributed by atoms with Gasteiger partial charge in [0, 0.05) is 23.5 Å². The monoisotopic (exact) mass is 721 g/mol. The maximum Gasteiger partial charge on any atom is 3.00 e. The molecule has 4 heterocycles. The normalized spacial score (nSPS) is 17.5. The van der Waals surface area contributed by atoms with Crippen LogP contribution in [-0.2, 0) is 20.1 Å². The average molecular weight is 721 g/mol. The number of rotatable bonds is 1. The summed E-state index contributed by atoms with van der Waals surface area (Å²) in [6, 6.07) is 36.9. The van der Waals surface area contributed by atoms with Gasteiger partial charge in [-0.15, -0.1) is 5.69 Å². The standard InChI is InChI=1S/C22H14N3.C14H12N2.Ir/c1-3-8-16-14(6-1)15-7-2-4-9-17(15)20-19(16)18-10-5-11-23-21(18)25-13-12-24-22(20)25;1-15-11-16(12-7-3-2-4-8-12)14-10-6-5-9-13(14)15;/h1-12,18,21H;2-7,9-11H,1H3;/q-1;-2;+3. The Labute approximate surface area is 258 Å². The molecule has 3 aliphatic rings. The maximum absolute atomic E-state index is 4.73. The Kier molecular flexibility index (Phi) is 6.73. The summed E-state index contributed by atoms with van der Waals surface area (Å²) in [6.45, 7) is 2.08. The second-order valence-electron chi connectivity index (χ2n) is 10.4. The van der Waals surface area contributed by atoms with Crippen LogP contribution in [0.3, 0.4) is 0 Å². The molecule has 0 amide bonds. The first-order valence-corrected chi connectivity index (χ1v) is 13.8. The zero-order chi connectivity index (χ0) is 27.3. The third-order valence-electron chi connectivity index (χ3n) is 8.13. The average Bonchev–Trinajstić information content (AvgIpc) is 3.67. The van der Waals surface area contributed by atoms with Crippen LogP contribution in [-0.4, -0.2) is 22.8 Å². The van der Waals surface area contributed by atoms with Crippen LogP contribution in [0.2, 0.25) is 0 Å². The molecular formula is C36H26IrN5. The van der Waals surface area contributed by atoms with Gasteiger partial charge in [-0.05, 0) is 58.2 Å². The van der Waals surface area contributed by atoms with Gasteiger partial charge in [0.05, 0.1) is 0 Å². The van der Waals surface area contributed by atoms with Crippen molar-refractivity contribution in [1.29, 1.82) is 0 Å². The second kappa shape index (κ2) is 10.7. The van der Waals surface area contributed by atoms with Gasteiger partial charge < -0.3 is 19.4 Å². The first kappa shape index (κ1) is 26.4. The molecule has 0 spiro atoms. The Balaban J connectivity index is 0.000000147. The smallest absolute Gasteiger partial charge is 0.504 e. The number of nitrogens with zero attached hydrogens (tertiary/aromatic N) is 5. The molecule has 0 saturated heterocycles. The molecule has 2 unspecified atom stereocenters. The summed E-state index contributed by atoms with van der Waals surface area (Å²) in [7, 11) is 2.06. The Morgan fingerprint density at radius 2 is 1.48 bits per heavy atom. The molecule has 3 aliphatic heterocycles. The Hall–Kier alpha value is -4.51. The molecule has 6 heteroatoms. The van der Waals surface area contributed by atoms with Crippen LogP contribution in [0.4, 0.5) is 17.1 Å². The van der Waals surface area contributed by atoms with Gasteiger partial charge in [-0.3, -0.25) is 4.99 Å². The Morgan fingerprint density at radius 3 is 2.26 bits per heavy atom. The fraction of sp³-hybridized carbons (Fsp3) is 0.0833. The molecule has 1 aromatic heterocycles. The first-order chi connectivity index (χ1) is 20.3. The van der Waals surface area contributed by atoms with E-state index < -0.39 is 0 Å². The quantitative estimate of drug-likeness (QED) is 0.127. The number of imidazole rings is 1. The largest absolute Gasteiger partial charge is 3.00 e. The van der Waals surface area contributed by atoms with Gasteiger partial charge in [-0.2, -0.15) is 43.2 Å². The van der Waals surface area contributed by atoms with E-state index >= 15 is 0 Å². The van der Waals surface area contributed by atoms with Crippen LogP contribution in [0.25, 0.3) is 32.9 Å². The van der Waals surface area contributed by atoms with Crippen molar-refractivity contribution in [2.45, 2.75) is 12.1 Å². The van der Waals surface area contributed by atoms with Gasteiger partial charge in [-0.25, -0.2) is 0 Å². The van der Waals surface area contributed by atoms with E-state index in [2.05, 4.69) is 136 Å². The van der Waals surface area contributed by atoms with Gasteiger partial charge in [0.2, 0.25) is 0 Å². The number of para-hydroxylation sites is 3. The molecule has 2 atom stereocenters. The van der Waals surface area contributed by atoms with Crippen molar-refractivity contribution >= 4 is 44.8 Å². The van der Waals surface area contributed by atoms with Gasteiger partial charge in [-0.1, -0.05) is 78.5 Å². The minimum Gasteiger partial charge on any atom is -0.504 e. The van der Waals surface area contributed by atoms with Crippen molar-refractivity contribution in [2.75, 3.05) is 16.8 Å². The van der Waals surface area contributed by atoms with Gasteiger partial charge >= 0.3 is 20.1 Å². The number of allylic oxidation sites excluding steroid dienone is 1. The summed E-state index contributed by atoms with van der Waals surface area (Å²) in [5.41, 5.74) is 6.05. The molecule has 0 N–H and O–H groups in total. The molecule has 42 heavy (non-hydrogen) atoms. The van der Waals surface area contributed by atoms with Gasteiger partial charge in [0.1, 0.15) is 6.17 Å². The molecule has 0 saturated carbocycles. The summed E-state index contributed by atoms with van der Waals surface area (Å²) in [6.07, 6.45) is 11.2. The second-order valence-corrected chi connectivity index (χ2v) is 10.4. The number of fused-ring (bicyclic) bond motifs is 12. The summed E-state index contributed by atoms with van der Waals surface area (Å²) in [5, 5.41) is 5.11. The van der Waals surface area contributed by atoms with E-state index in [0.29, 0.717) is 0 Å². The number of aromatic nitrogens is 2. The van der Waals surface area contributed by atoms with E-state index in [4.69, 9.17) is 4.99 Å². The topological polar surface area (TPSA) is 36.7 Å². The zero-order valence-corrected chi connectivity index (χ0v) is 25.2. The van der Waals surface area contributed by atoms with Gasteiger partial charge in [0.25, 0.3) is 0 Å². The number of benzene rings is 5. The molecule has 6 aromatic rings. The first-order valence-electron chi connectivity index (χ1n) is 13.8. The van der Waals surface area contributed by atoms with Crippen LogP contribution in [0, 0.1) is 18.9 Å². The van der Waals surface area contributed by atoms with Crippen LogP contribution in [0.5, 0.6) is 0 Å². The van der Waals surface area contributed by atoms with E-state index in [0.717, 1.165) is 11.5 Å². The molecule has 5 nitrogen and oxygen atoms in total. The van der Waals surface area contributed by atoms with E-state index in [1.54, 1.807) is 6.20 Å². The van der Waals surface area contributed by atoms with E-state index in [-0.39, 0.29) is 32.2 Å². The summed E-state index contributed by atoms with van der Waals surface area (Å²) in [5.74, 6) is 1.16. The fourth-order valence-corrected chi connectivity index (χ4v) is 6.38. The van der Waals surface area contributed by atoms with E-state index in [9.17, 15) is 0 Å². The van der Waals surface area contributed by atoms with Crippen molar-refractivity contribution < 1.29 is 20.1 Å². The van der Waals surface area contributed by atoms with Gasteiger partial charge in [0.15, 0.2) is 0 Å². The minimum atomic E-state index is -0.000400. The van der Waals surface area contributed by atoms with Crippen molar-refractivity contribution in [2.24, 2.45) is 4.99 Å². The van der Waals surface area contributed by atoms with Crippen molar-refractivity contribution in [3.8, 4) is 11.4 Å². The third kappa shape index (κ3) is 4.10. The van der Waals surface area contributed by atoms with Crippen molar-refractivity contribution in [3.05, 3.63) is 140 Å². The fourth-order valence-electron chi connectivity index (χ4n) is 6.38. The summed E-state index contributed by atoms with van der Waals surface area (Å²) in [4.78, 5) is 13.7. The SMILES string of the molecule is CN1[CH-]N(c2[c-]cccc2)c2ccccc21.[Ir+3].[c-]1cnc2n1C1N=CC=CC1c1c-2c2ccccc2c2ccccc12. The molecule has 0 fully saturated rings. The number of aliphatic imine (C=N–C) groups is 1. The van der Waals surface area contributed by atoms with Crippen LogP contribution >= 0.6 is 0 Å². The number of anilines is 3. The number of dihydropyridines is 1. The molecule has 204 valence electrons. The summed E-state index contributed by atoms with van der Waals surface area (Å²) >= 11 is 0. The Bertz CT molecular complexity index is 1980. The third-order valence-corrected chi connectivity index (χ3v) is 8.13. The molecule has 9 rings (SSSR count).